The highest BCUT2D eigenvalue weighted by Crippen LogP contribution is 2.32. The summed E-state index contributed by atoms with van der Waals surface area (Å²) < 4.78 is 26.3. The third-order valence-corrected chi connectivity index (χ3v) is 4.88. The second kappa shape index (κ2) is 6.88. The molecule has 1 atom stereocenters. The molecule has 0 aliphatic carbocycles. The van der Waals surface area contributed by atoms with E-state index in [1.807, 2.05) is 6.20 Å². The van der Waals surface area contributed by atoms with Crippen molar-refractivity contribution in [3.63, 3.8) is 0 Å². The molecular weight excluding hydrogens is 336 g/mol. The van der Waals surface area contributed by atoms with Gasteiger partial charge in [-0.3, -0.25) is 9.69 Å². The number of likely N-dealkylation sites (tertiary alicyclic amines) is 1. The molecule has 1 aromatic heterocycles. The third kappa shape index (κ3) is 3.46. The van der Waals surface area contributed by atoms with Gasteiger partial charge in [0.25, 0.3) is 0 Å². The summed E-state index contributed by atoms with van der Waals surface area (Å²) in [6.07, 6.45) is 2.89. The first kappa shape index (κ1) is 16.7. The Labute approximate surface area is 149 Å². The number of aromatic nitrogens is 1. The number of H-pyrrole nitrogens is 1. The zero-order valence-corrected chi connectivity index (χ0v) is 14.1. The Hall–Kier alpha value is -2.73. The van der Waals surface area contributed by atoms with Gasteiger partial charge in [0.15, 0.2) is 0 Å². The summed E-state index contributed by atoms with van der Waals surface area (Å²) in [6, 6.07) is 10.5. The van der Waals surface area contributed by atoms with E-state index in [2.05, 4.69) is 15.2 Å². The summed E-state index contributed by atoms with van der Waals surface area (Å²) in [5.74, 6) is -0.383. The number of fused-ring (bicyclic) bond motifs is 1. The number of hydrogen-bond acceptors (Lipinski definition) is 2. The van der Waals surface area contributed by atoms with E-state index in [4.69, 9.17) is 0 Å². The van der Waals surface area contributed by atoms with Crippen LogP contribution in [-0.4, -0.2) is 35.4 Å². The standard InChI is InChI=1S/C20H19F2N3O/c21-14-1-4-16(5-2-14)24-20(26)12-25-8-7-13(11-25)18-10-23-19-9-15(22)3-6-17(18)19/h1-6,9-10,13,23H,7-8,11-12H2,(H,24,26). The van der Waals surface area contributed by atoms with Crippen LogP contribution < -0.4 is 5.32 Å². The molecule has 2 aromatic carbocycles. The normalized spacial score (nSPS) is 17.7. The molecule has 0 bridgehead atoms. The number of halogens is 2. The van der Waals surface area contributed by atoms with Crippen molar-refractivity contribution in [2.75, 3.05) is 25.0 Å². The lowest BCUT2D eigenvalue weighted by molar-refractivity contribution is -0.117. The van der Waals surface area contributed by atoms with E-state index >= 15 is 0 Å². The van der Waals surface area contributed by atoms with Crippen LogP contribution in [0.5, 0.6) is 0 Å². The van der Waals surface area contributed by atoms with Crippen molar-refractivity contribution >= 4 is 22.5 Å². The van der Waals surface area contributed by atoms with Gasteiger partial charge in [-0.2, -0.15) is 0 Å². The minimum Gasteiger partial charge on any atom is -0.361 e. The summed E-state index contributed by atoms with van der Waals surface area (Å²) in [7, 11) is 0. The number of carbonyl (C=O) groups excluding carboxylic acids is 1. The number of benzene rings is 2. The molecule has 1 aliphatic rings. The lowest BCUT2D eigenvalue weighted by Crippen LogP contribution is -2.31. The average molecular weight is 355 g/mol. The van der Waals surface area contributed by atoms with E-state index in [1.54, 1.807) is 18.2 Å². The topological polar surface area (TPSA) is 48.1 Å². The number of hydrogen-bond donors (Lipinski definition) is 2. The van der Waals surface area contributed by atoms with E-state index in [9.17, 15) is 13.6 Å². The lowest BCUT2D eigenvalue weighted by atomic mass is 9.98. The predicted molar refractivity (Wildman–Crippen MR) is 97.1 cm³/mol. The maximum absolute atomic E-state index is 13.3. The number of nitrogens with zero attached hydrogens (tertiary/aromatic N) is 1. The monoisotopic (exact) mass is 355 g/mol. The summed E-state index contributed by atoms with van der Waals surface area (Å²) in [6.45, 7) is 1.90. The second-order valence-electron chi connectivity index (χ2n) is 6.71. The van der Waals surface area contributed by atoms with Crippen LogP contribution >= 0.6 is 0 Å². The van der Waals surface area contributed by atoms with Gasteiger partial charge in [-0.25, -0.2) is 8.78 Å². The second-order valence-corrected chi connectivity index (χ2v) is 6.71. The van der Waals surface area contributed by atoms with Crippen molar-refractivity contribution in [2.24, 2.45) is 0 Å². The summed E-state index contributed by atoms with van der Waals surface area (Å²) >= 11 is 0. The van der Waals surface area contributed by atoms with Crippen LogP contribution in [0.3, 0.4) is 0 Å². The Kier molecular flexibility index (Phi) is 4.42. The first-order valence-corrected chi connectivity index (χ1v) is 8.63. The van der Waals surface area contributed by atoms with E-state index in [0.717, 1.165) is 30.4 Å². The average Bonchev–Trinajstić information content (AvgIpc) is 3.23. The Balaban J connectivity index is 1.38. The quantitative estimate of drug-likeness (QED) is 0.746. The van der Waals surface area contributed by atoms with E-state index < -0.39 is 0 Å². The minimum absolute atomic E-state index is 0.113. The first-order valence-electron chi connectivity index (χ1n) is 8.63. The smallest absolute Gasteiger partial charge is 0.238 e. The van der Waals surface area contributed by atoms with Crippen LogP contribution in [0, 0.1) is 11.6 Å². The van der Waals surface area contributed by atoms with Gasteiger partial charge in [-0.15, -0.1) is 0 Å². The largest absolute Gasteiger partial charge is 0.361 e. The van der Waals surface area contributed by atoms with Crippen LogP contribution in [0.15, 0.2) is 48.7 Å². The highest BCUT2D eigenvalue weighted by atomic mass is 19.1. The number of anilines is 1. The van der Waals surface area contributed by atoms with Gasteiger partial charge in [-0.1, -0.05) is 0 Å². The van der Waals surface area contributed by atoms with Crippen molar-refractivity contribution in [2.45, 2.75) is 12.3 Å². The Morgan fingerprint density at radius 2 is 1.92 bits per heavy atom. The van der Waals surface area contributed by atoms with Crippen molar-refractivity contribution < 1.29 is 13.6 Å². The van der Waals surface area contributed by atoms with Gasteiger partial charge < -0.3 is 10.3 Å². The van der Waals surface area contributed by atoms with Crippen LogP contribution in [0.25, 0.3) is 10.9 Å². The molecule has 26 heavy (non-hydrogen) atoms. The van der Waals surface area contributed by atoms with Crippen LogP contribution in [0.1, 0.15) is 17.9 Å². The molecule has 3 aromatic rings. The molecule has 134 valence electrons. The summed E-state index contributed by atoms with van der Waals surface area (Å²) in [5.41, 5.74) is 2.56. The fourth-order valence-electron chi connectivity index (χ4n) is 3.63. The first-order chi connectivity index (χ1) is 12.6. The van der Waals surface area contributed by atoms with Crippen molar-refractivity contribution in [1.82, 2.24) is 9.88 Å². The molecule has 4 rings (SSSR count). The maximum atomic E-state index is 13.3. The summed E-state index contributed by atoms with van der Waals surface area (Å²) in [5, 5.41) is 3.82. The number of carbonyl (C=O) groups is 1. The van der Waals surface area contributed by atoms with Gasteiger partial charge in [-0.05, 0) is 66.9 Å². The molecular formula is C20H19F2N3O. The predicted octanol–water partition coefficient (Wildman–Crippen LogP) is 3.87. The van der Waals surface area contributed by atoms with Crippen LogP contribution in [-0.2, 0) is 4.79 Å². The van der Waals surface area contributed by atoms with Gasteiger partial charge in [0.1, 0.15) is 11.6 Å². The fourth-order valence-corrected chi connectivity index (χ4v) is 3.63. The molecule has 1 amide bonds. The zero-order valence-electron chi connectivity index (χ0n) is 14.1. The molecule has 2 N–H and O–H groups in total. The van der Waals surface area contributed by atoms with Gasteiger partial charge in [0.2, 0.25) is 5.91 Å². The molecule has 1 unspecified atom stereocenters. The molecule has 2 heterocycles. The molecule has 1 saturated heterocycles. The maximum Gasteiger partial charge on any atom is 0.238 e. The van der Waals surface area contributed by atoms with E-state index in [-0.39, 0.29) is 17.5 Å². The molecule has 4 nitrogen and oxygen atoms in total. The van der Waals surface area contributed by atoms with Crippen molar-refractivity contribution in [3.05, 3.63) is 65.9 Å². The molecule has 6 heteroatoms. The van der Waals surface area contributed by atoms with E-state index in [1.165, 1.54) is 29.8 Å². The van der Waals surface area contributed by atoms with E-state index in [0.29, 0.717) is 18.2 Å². The summed E-state index contributed by atoms with van der Waals surface area (Å²) in [4.78, 5) is 17.4. The van der Waals surface area contributed by atoms with Gasteiger partial charge >= 0.3 is 0 Å². The number of amides is 1. The van der Waals surface area contributed by atoms with Gasteiger partial charge in [0, 0.05) is 29.3 Å². The van der Waals surface area contributed by atoms with Crippen LogP contribution in [0.4, 0.5) is 14.5 Å². The highest BCUT2D eigenvalue weighted by Gasteiger charge is 2.27. The zero-order chi connectivity index (χ0) is 18.1. The molecule has 1 fully saturated rings. The van der Waals surface area contributed by atoms with Crippen molar-refractivity contribution in [1.29, 1.82) is 0 Å². The number of nitrogens with one attached hydrogen (secondary N) is 2. The molecule has 0 radical (unpaired) electrons. The minimum atomic E-state index is -0.330. The Morgan fingerprint density at radius 3 is 2.73 bits per heavy atom. The number of aromatic amines is 1. The fraction of sp³-hybridized carbons (Fsp3) is 0.250. The number of rotatable bonds is 4. The molecule has 0 spiro atoms. The Morgan fingerprint density at radius 1 is 1.15 bits per heavy atom. The lowest BCUT2D eigenvalue weighted by Gasteiger charge is -2.15. The molecule has 1 aliphatic heterocycles. The third-order valence-electron chi connectivity index (χ3n) is 4.88. The Bertz CT molecular complexity index is 936. The molecule has 0 saturated carbocycles. The van der Waals surface area contributed by atoms with Gasteiger partial charge in [0.05, 0.1) is 6.54 Å². The SMILES string of the molecule is O=C(CN1CCC(c2c[nH]c3cc(F)ccc23)C1)Nc1ccc(F)cc1. The highest BCUT2D eigenvalue weighted by molar-refractivity contribution is 5.92. The van der Waals surface area contributed by atoms with Crippen molar-refractivity contribution in [3.8, 4) is 0 Å². The van der Waals surface area contributed by atoms with Crippen LogP contribution in [0.2, 0.25) is 0 Å².